The maximum absolute atomic E-state index is 5.76. The van der Waals surface area contributed by atoms with Crippen LogP contribution in [0.2, 0.25) is 0 Å². The van der Waals surface area contributed by atoms with Gasteiger partial charge in [-0.2, -0.15) is 0 Å². The van der Waals surface area contributed by atoms with Crippen molar-refractivity contribution in [3.05, 3.63) is 18.2 Å². The zero-order chi connectivity index (χ0) is 9.60. The Morgan fingerprint density at radius 2 is 2.21 bits per heavy atom. The molecular formula is C11H14N2O. The normalized spacial score (nSPS) is 21.7. The number of hydrogen-bond acceptors (Lipinski definition) is 3. The molecule has 1 spiro atoms. The second kappa shape index (κ2) is 2.56. The smallest absolute Gasteiger partial charge is 0.144 e. The highest BCUT2D eigenvalue weighted by Gasteiger charge is 2.44. The van der Waals surface area contributed by atoms with Crippen molar-refractivity contribution in [3.8, 4) is 5.75 Å². The van der Waals surface area contributed by atoms with Crippen LogP contribution in [0.4, 0.5) is 11.4 Å². The molecule has 1 saturated carbocycles. The molecule has 3 nitrogen and oxygen atoms in total. The lowest BCUT2D eigenvalue weighted by molar-refractivity contribution is 0.251. The van der Waals surface area contributed by atoms with Gasteiger partial charge >= 0.3 is 0 Å². The van der Waals surface area contributed by atoms with Gasteiger partial charge in [0.25, 0.3) is 0 Å². The number of hydrogen-bond donors (Lipinski definition) is 2. The SMILES string of the molecule is Nc1ccc2c(c1)OCC1(CC1)CN2. The van der Waals surface area contributed by atoms with Crippen LogP contribution < -0.4 is 15.8 Å². The second-order valence-corrected chi connectivity index (χ2v) is 4.40. The number of fused-ring (bicyclic) bond motifs is 1. The van der Waals surface area contributed by atoms with E-state index in [9.17, 15) is 0 Å². The summed E-state index contributed by atoms with van der Waals surface area (Å²) in [4.78, 5) is 0. The number of nitrogens with one attached hydrogen (secondary N) is 1. The van der Waals surface area contributed by atoms with E-state index in [-0.39, 0.29) is 0 Å². The van der Waals surface area contributed by atoms with Gasteiger partial charge in [-0.3, -0.25) is 0 Å². The number of rotatable bonds is 0. The molecule has 3 heteroatoms. The lowest BCUT2D eigenvalue weighted by Gasteiger charge is -2.09. The predicted molar refractivity (Wildman–Crippen MR) is 56.5 cm³/mol. The van der Waals surface area contributed by atoms with Gasteiger partial charge in [0.05, 0.1) is 12.3 Å². The molecule has 0 radical (unpaired) electrons. The molecule has 1 aromatic carbocycles. The average Bonchev–Trinajstić information content (AvgIpc) is 2.96. The Hall–Kier alpha value is -1.38. The maximum atomic E-state index is 5.76. The molecule has 3 N–H and O–H groups in total. The molecule has 14 heavy (non-hydrogen) atoms. The van der Waals surface area contributed by atoms with E-state index in [1.807, 2.05) is 18.2 Å². The lowest BCUT2D eigenvalue weighted by Crippen LogP contribution is -2.18. The van der Waals surface area contributed by atoms with Crippen LogP contribution in [0.25, 0.3) is 0 Å². The highest BCUT2D eigenvalue weighted by molar-refractivity contribution is 5.63. The van der Waals surface area contributed by atoms with Gasteiger partial charge < -0.3 is 15.8 Å². The van der Waals surface area contributed by atoms with Crippen molar-refractivity contribution in [1.82, 2.24) is 0 Å². The van der Waals surface area contributed by atoms with E-state index in [0.29, 0.717) is 5.41 Å². The Morgan fingerprint density at radius 1 is 1.36 bits per heavy atom. The Bertz CT molecular complexity index is 372. The second-order valence-electron chi connectivity index (χ2n) is 4.40. The quantitative estimate of drug-likeness (QED) is 0.614. The molecule has 3 rings (SSSR count). The van der Waals surface area contributed by atoms with Crippen molar-refractivity contribution in [2.45, 2.75) is 12.8 Å². The molecule has 74 valence electrons. The molecule has 0 saturated heterocycles. The van der Waals surface area contributed by atoms with Gasteiger partial charge in [-0.1, -0.05) is 0 Å². The standard InChI is InChI=1S/C11H14N2O/c12-8-1-2-9-10(5-8)14-7-11(3-4-11)6-13-9/h1-2,5,13H,3-4,6-7,12H2. The Kier molecular flexibility index (Phi) is 1.46. The van der Waals surface area contributed by atoms with Crippen molar-refractivity contribution >= 4 is 11.4 Å². The third-order valence-electron chi connectivity index (χ3n) is 3.15. The first kappa shape index (κ1) is 7.97. The number of nitrogens with two attached hydrogens (primary N) is 1. The van der Waals surface area contributed by atoms with E-state index < -0.39 is 0 Å². The van der Waals surface area contributed by atoms with E-state index >= 15 is 0 Å². The third-order valence-corrected chi connectivity index (χ3v) is 3.15. The molecule has 1 aliphatic heterocycles. The number of benzene rings is 1. The summed E-state index contributed by atoms with van der Waals surface area (Å²) in [6, 6.07) is 5.79. The summed E-state index contributed by atoms with van der Waals surface area (Å²) in [6.45, 7) is 1.86. The summed E-state index contributed by atoms with van der Waals surface area (Å²) < 4.78 is 5.76. The molecule has 1 fully saturated rings. The third kappa shape index (κ3) is 1.20. The molecule has 1 aliphatic carbocycles. The largest absolute Gasteiger partial charge is 0.491 e. The van der Waals surface area contributed by atoms with E-state index in [1.165, 1.54) is 12.8 Å². The Balaban J connectivity index is 1.93. The summed E-state index contributed by atoms with van der Waals surface area (Å²) in [5.74, 6) is 0.897. The van der Waals surface area contributed by atoms with Gasteiger partial charge in [0.15, 0.2) is 0 Å². The average molecular weight is 190 g/mol. The first-order valence-corrected chi connectivity index (χ1v) is 5.04. The van der Waals surface area contributed by atoms with Crippen molar-refractivity contribution < 1.29 is 4.74 Å². The zero-order valence-electron chi connectivity index (χ0n) is 8.05. The monoisotopic (exact) mass is 190 g/mol. The summed E-state index contributed by atoms with van der Waals surface area (Å²) >= 11 is 0. The van der Waals surface area contributed by atoms with Crippen LogP contribution >= 0.6 is 0 Å². The van der Waals surface area contributed by atoms with Crippen molar-refractivity contribution in [2.75, 3.05) is 24.2 Å². The molecule has 0 unspecified atom stereocenters. The minimum atomic E-state index is 0.410. The summed E-state index contributed by atoms with van der Waals surface area (Å²) in [5.41, 5.74) is 7.95. The molecule has 0 amide bonds. The maximum Gasteiger partial charge on any atom is 0.144 e. The molecule has 0 bridgehead atoms. The topological polar surface area (TPSA) is 47.3 Å². The first-order valence-electron chi connectivity index (χ1n) is 5.04. The van der Waals surface area contributed by atoms with E-state index in [2.05, 4.69) is 5.32 Å². The van der Waals surface area contributed by atoms with Gasteiger partial charge in [-0.25, -0.2) is 0 Å². The van der Waals surface area contributed by atoms with Crippen LogP contribution in [0.3, 0.4) is 0 Å². The van der Waals surface area contributed by atoms with Gasteiger partial charge in [0.2, 0.25) is 0 Å². The Labute approximate surface area is 83.2 Å². The minimum Gasteiger partial charge on any atom is -0.491 e. The number of nitrogen functional groups attached to an aromatic ring is 1. The summed E-state index contributed by atoms with van der Waals surface area (Å²) in [5, 5.41) is 3.42. The highest BCUT2D eigenvalue weighted by atomic mass is 16.5. The summed E-state index contributed by atoms with van der Waals surface area (Å²) in [6.07, 6.45) is 2.56. The Morgan fingerprint density at radius 3 is 3.00 bits per heavy atom. The first-order chi connectivity index (χ1) is 6.77. The van der Waals surface area contributed by atoms with Crippen LogP contribution in [-0.4, -0.2) is 13.2 Å². The molecule has 0 aromatic heterocycles. The fourth-order valence-electron chi connectivity index (χ4n) is 1.87. The minimum absolute atomic E-state index is 0.410. The van der Waals surface area contributed by atoms with Crippen molar-refractivity contribution in [2.24, 2.45) is 5.41 Å². The highest BCUT2D eigenvalue weighted by Crippen LogP contribution is 2.48. The van der Waals surface area contributed by atoms with Crippen molar-refractivity contribution in [1.29, 1.82) is 0 Å². The molecule has 1 aromatic rings. The van der Waals surface area contributed by atoms with E-state index in [0.717, 1.165) is 30.3 Å². The van der Waals surface area contributed by atoms with Gasteiger partial charge in [0.1, 0.15) is 5.75 Å². The van der Waals surface area contributed by atoms with Crippen LogP contribution in [-0.2, 0) is 0 Å². The van der Waals surface area contributed by atoms with Crippen molar-refractivity contribution in [3.63, 3.8) is 0 Å². The molecule has 1 heterocycles. The van der Waals surface area contributed by atoms with Gasteiger partial charge in [-0.05, 0) is 25.0 Å². The van der Waals surface area contributed by atoms with Gasteiger partial charge in [0, 0.05) is 23.7 Å². The molecule has 2 aliphatic rings. The summed E-state index contributed by atoms with van der Waals surface area (Å²) in [7, 11) is 0. The number of ether oxygens (including phenoxy) is 1. The molecule has 0 atom stereocenters. The van der Waals surface area contributed by atoms with Crippen LogP contribution in [0, 0.1) is 5.41 Å². The fraction of sp³-hybridized carbons (Fsp3) is 0.455. The number of anilines is 2. The van der Waals surface area contributed by atoms with Crippen LogP contribution in [0.5, 0.6) is 5.75 Å². The predicted octanol–water partition coefficient (Wildman–Crippen LogP) is 1.85. The van der Waals surface area contributed by atoms with Gasteiger partial charge in [-0.15, -0.1) is 0 Å². The molecular weight excluding hydrogens is 176 g/mol. The zero-order valence-corrected chi connectivity index (χ0v) is 8.05. The van der Waals surface area contributed by atoms with E-state index in [4.69, 9.17) is 10.5 Å². The van der Waals surface area contributed by atoms with E-state index in [1.54, 1.807) is 0 Å². The van der Waals surface area contributed by atoms with Crippen LogP contribution in [0.15, 0.2) is 18.2 Å². The van der Waals surface area contributed by atoms with Crippen LogP contribution in [0.1, 0.15) is 12.8 Å². The fourth-order valence-corrected chi connectivity index (χ4v) is 1.87. The lowest BCUT2D eigenvalue weighted by atomic mass is 10.1.